The molecule has 0 N–H and O–H groups in total. The average Bonchev–Trinajstić information content (AvgIpc) is 2.14. The first-order valence-corrected chi connectivity index (χ1v) is 2.40. The van der Waals surface area contributed by atoms with Crippen LogP contribution in [0.3, 0.4) is 0 Å². The second-order valence-electron chi connectivity index (χ2n) is 1.75. The highest BCUT2D eigenvalue weighted by Gasteiger charge is 2.03. The molecule has 0 unspecified atom stereocenters. The minimum absolute atomic E-state index is 0.656. The van der Waals surface area contributed by atoms with Crippen LogP contribution in [0, 0.1) is 0 Å². The molecule has 1 aliphatic heterocycles. The van der Waals surface area contributed by atoms with Gasteiger partial charge in [-0.25, -0.2) is 0 Å². The van der Waals surface area contributed by atoms with Gasteiger partial charge in [0.2, 0.25) is 6.41 Å². The van der Waals surface area contributed by atoms with E-state index in [2.05, 4.69) is 6.58 Å². The fourth-order valence-corrected chi connectivity index (χ4v) is 0.613. The number of nitrogens with zero attached hydrogens (tertiary/aromatic N) is 1. The van der Waals surface area contributed by atoms with Crippen LogP contribution in [-0.2, 0) is 4.79 Å². The van der Waals surface area contributed by atoms with Crippen LogP contribution in [0.4, 0.5) is 0 Å². The molecule has 0 radical (unpaired) electrons. The van der Waals surface area contributed by atoms with Crippen LogP contribution in [0.5, 0.6) is 0 Å². The van der Waals surface area contributed by atoms with Crippen LogP contribution in [0.15, 0.2) is 24.4 Å². The molecule has 0 aromatic rings. The molecule has 1 heterocycles. The molecule has 0 saturated carbocycles. The standard InChI is InChI=1S/C6H7NO/c1-6-2-3-7(4-6)5-8/h2-3,5H,1,4H2. The summed E-state index contributed by atoms with van der Waals surface area (Å²) in [7, 11) is 0. The molecule has 1 rings (SSSR count). The predicted octanol–water partition coefficient (Wildman–Crippen LogP) is 0.528. The number of hydrogen-bond acceptors (Lipinski definition) is 1. The molecule has 0 fully saturated rings. The Kier molecular flexibility index (Phi) is 1.16. The minimum Gasteiger partial charge on any atom is -0.317 e. The summed E-state index contributed by atoms with van der Waals surface area (Å²) in [5.41, 5.74) is 0.983. The summed E-state index contributed by atoms with van der Waals surface area (Å²) in [4.78, 5) is 11.5. The molecule has 8 heavy (non-hydrogen) atoms. The lowest BCUT2D eigenvalue weighted by molar-refractivity contribution is -0.115. The quantitative estimate of drug-likeness (QED) is 0.450. The lowest BCUT2D eigenvalue weighted by atomic mass is 10.3. The van der Waals surface area contributed by atoms with Crippen molar-refractivity contribution in [1.29, 1.82) is 0 Å². The number of amides is 1. The fraction of sp³-hybridized carbons (Fsp3) is 0.167. The van der Waals surface area contributed by atoms with Crippen molar-refractivity contribution in [1.82, 2.24) is 4.90 Å². The second-order valence-corrected chi connectivity index (χ2v) is 1.75. The van der Waals surface area contributed by atoms with E-state index in [4.69, 9.17) is 0 Å². The molecule has 1 aliphatic rings. The van der Waals surface area contributed by atoms with Gasteiger partial charge in [-0.05, 0) is 11.6 Å². The zero-order valence-electron chi connectivity index (χ0n) is 4.50. The van der Waals surface area contributed by atoms with E-state index >= 15 is 0 Å². The molecular formula is C6H7NO. The van der Waals surface area contributed by atoms with E-state index in [-0.39, 0.29) is 0 Å². The van der Waals surface area contributed by atoms with E-state index in [1.807, 2.05) is 6.08 Å². The molecule has 0 bridgehead atoms. The Morgan fingerprint density at radius 3 is 2.88 bits per heavy atom. The monoisotopic (exact) mass is 109 g/mol. The van der Waals surface area contributed by atoms with Crippen molar-refractivity contribution in [3.8, 4) is 0 Å². The Labute approximate surface area is 48.1 Å². The van der Waals surface area contributed by atoms with Crippen molar-refractivity contribution in [3.63, 3.8) is 0 Å². The highest BCUT2D eigenvalue weighted by atomic mass is 16.1. The molecular weight excluding hydrogens is 102 g/mol. The van der Waals surface area contributed by atoms with E-state index in [1.54, 1.807) is 11.1 Å². The Bertz CT molecular complexity index is 149. The largest absolute Gasteiger partial charge is 0.317 e. The number of carbonyl (C=O) groups is 1. The molecule has 1 amide bonds. The van der Waals surface area contributed by atoms with Gasteiger partial charge in [0.15, 0.2) is 0 Å². The van der Waals surface area contributed by atoms with Crippen molar-refractivity contribution in [2.75, 3.05) is 6.54 Å². The Morgan fingerprint density at radius 1 is 1.88 bits per heavy atom. The van der Waals surface area contributed by atoms with E-state index in [0.29, 0.717) is 6.54 Å². The van der Waals surface area contributed by atoms with Gasteiger partial charge in [-0.2, -0.15) is 0 Å². The molecule has 2 nitrogen and oxygen atoms in total. The van der Waals surface area contributed by atoms with Crippen LogP contribution in [0.25, 0.3) is 0 Å². The summed E-state index contributed by atoms with van der Waals surface area (Å²) in [6.45, 7) is 4.32. The van der Waals surface area contributed by atoms with E-state index < -0.39 is 0 Å². The van der Waals surface area contributed by atoms with Crippen molar-refractivity contribution < 1.29 is 4.79 Å². The number of carbonyl (C=O) groups excluding carboxylic acids is 1. The summed E-state index contributed by atoms with van der Waals surface area (Å²) in [5.74, 6) is 0. The van der Waals surface area contributed by atoms with Crippen molar-refractivity contribution in [2.24, 2.45) is 0 Å². The van der Waals surface area contributed by atoms with E-state index in [9.17, 15) is 4.79 Å². The van der Waals surface area contributed by atoms with Crippen molar-refractivity contribution in [3.05, 3.63) is 24.4 Å². The van der Waals surface area contributed by atoms with Crippen LogP contribution in [0.1, 0.15) is 0 Å². The van der Waals surface area contributed by atoms with E-state index in [1.165, 1.54) is 0 Å². The third kappa shape index (κ3) is 0.780. The first kappa shape index (κ1) is 5.09. The van der Waals surface area contributed by atoms with Crippen molar-refractivity contribution in [2.45, 2.75) is 0 Å². The first-order chi connectivity index (χ1) is 3.83. The molecule has 0 aromatic carbocycles. The Morgan fingerprint density at radius 2 is 2.62 bits per heavy atom. The zero-order valence-corrected chi connectivity index (χ0v) is 4.50. The normalized spacial score (nSPS) is 17.5. The molecule has 42 valence electrons. The molecule has 0 saturated heterocycles. The van der Waals surface area contributed by atoms with Crippen LogP contribution in [0.2, 0.25) is 0 Å². The Hall–Kier alpha value is -1.05. The molecule has 0 spiro atoms. The summed E-state index contributed by atoms with van der Waals surface area (Å²) in [5, 5.41) is 0. The topological polar surface area (TPSA) is 20.3 Å². The minimum atomic E-state index is 0.656. The first-order valence-electron chi connectivity index (χ1n) is 2.40. The SMILES string of the molecule is C=C1C=CN(C=O)C1. The van der Waals surface area contributed by atoms with Gasteiger partial charge in [0.25, 0.3) is 0 Å². The maximum absolute atomic E-state index is 9.99. The summed E-state index contributed by atoms with van der Waals surface area (Å²) in [6.07, 6.45) is 4.33. The van der Waals surface area contributed by atoms with Gasteiger partial charge in [0.1, 0.15) is 0 Å². The molecule has 2 heteroatoms. The van der Waals surface area contributed by atoms with Gasteiger partial charge < -0.3 is 4.90 Å². The van der Waals surface area contributed by atoms with Crippen LogP contribution >= 0.6 is 0 Å². The predicted molar refractivity (Wildman–Crippen MR) is 31.0 cm³/mol. The van der Waals surface area contributed by atoms with Gasteiger partial charge in [-0.1, -0.05) is 6.58 Å². The third-order valence-corrected chi connectivity index (χ3v) is 1.02. The van der Waals surface area contributed by atoms with E-state index in [0.717, 1.165) is 12.0 Å². The summed E-state index contributed by atoms with van der Waals surface area (Å²) in [6, 6.07) is 0. The fourth-order valence-electron chi connectivity index (χ4n) is 0.613. The van der Waals surface area contributed by atoms with Crippen LogP contribution < -0.4 is 0 Å². The summed E-state index contributed by atoms with van der Waals surface area (Å²) < 4.78 is 0. The lowest BCUT2D eigenvalue weighted by Gasteiger charge is -2.01. The van der Waals surface area contributed by atoms with Gasteiger partial charge in [0.05, 0.1) is 0 Å². The number of rotatable bonds is 1. The lowest BCUT2D eigenvalue weighted by Crippen LogP contribution is -2.11. The maximum atomic E-state index is 9.99. The van der Waals surface area contributed by atoms with Gasteiger partial charge in [0, 0.05) is 12.7 Å². The molecule has 0 aromatic heterocycles. The summed E-state index contributed by atoms with van der Waals surface area (Å²) >= 11 is 0. The maximum Gasteiger partial charge on any atom is 0.213 e. The van der Waals surface area contributed by atoms with Crippen LogP contribution in [-0.4, -0.2) is 17.9 Å². The van der Waals surface area contributed by atoms with Gasteiger partial charge >= 0.3 is 0 Å². The Balaban J connectivity index is 2.58. The number of hydrogen-bond donors (Lipinski definition) is 0. The van der Waals surface area contributed by atoms with Gasteiger partial charge in [-0.3, -0.25) is 4.79 Å². The highest BCUT2D eigenvalue weighted by molar-refractivity contribution is 5.52. The molecule has 0 aliphatic carbocycles. The zero-order chi connectivity index (χ0) is 5.98. The van der Waals surface area contributed by atoms with Gasteiger partial charge in [-0.15, -0.1) is 0 Å². The highest BCUT2D eigenvalue weighted by Crippen LogP contribution is 2.04. The smallest absolute Gasteiger partial charge is 0.213 e. The average molecular weight is 109 g/mol. The molecule has 0 atom stereocenters. The third-order valence-electron chi connectivity index (χ3n) is 1.02. The van der Waals surface area contributed by atoms with Crippen molar-refractivity contribution >= 4 is 6.41 Å². The second kappa shape index (κ2) is 1.82.